The molecular weight excluding hydrogens is 355 g/mol. The van der Waals surface area contributed by atoms with E-state index in [9.17, 15) is 33.0 Å². The van der Waals surface area contributed by atoms with Crippen LogP contribution < -0.4 is 5.32 Å². The molecule has 9 heteroatoms. The van der Waals surface area contributed by atoms with Crippen molar-refractivity contribution >= 4 is 11.9 Å². The van der Waals surface area contributed by atoms with E-state index in [-0.39, 0.29) is 17.0 Å². The van der Waals surface area contributed by atoms with Gasteiger partial charge in [0.1, 0.15) is 0 Å². The van der Waals surface area contributed by atoms with Gasteiger partial charge in [0.2, 0.25) is 0 Å². The Morgan fingerprint density at radius 3 is 2.35 bits per heavy atom. The maximum Gasteiger partial charge on any atom is 0.416 e. The van der Waals surface area contributed by atoms with Gasteiger partial charge in [-0.1, -0.05) is 18.2 Å². The molecule has 6 nitrogen and oxygen atoms in total. The highest BCUT2D eigenvalue weighted by atomic mass is 19.4. The summed E-state index contributed by atoms with van der Waals surface area (Å²) in [7, 11) is 1.02. The van der Waals surface area contributed by atoms with Gasteiger partial charge in [0.15, 0.2) is 0 Å². The van der Waals surface area contributed by atoms with E-state index in [0.29, 0.717) is 0 Å². The summed E-state index contributed by atoms with van der Waals surface area (Å²) in [5.41, 5.74) is -2.38. The van der Waals surface area contributed by atoms with Crippen molar-refractivity contribution in [1.29, 1.82) is 0 Å². The number of ether oxygens (including phenoxy) is 1. The minimum Gasteiger partial charge on any atom is -0.478 e. The van der Waals surface area contributed by atoms with Gasteiger partial charge in [-0.05, 0) is 18.6 Å². The molecule has 1 unspecified atom stereocenters. The van der Waals surface area contributed by atoms with Gasteiger partial charge in [-0.2, -0.15) is 13.2 Å². The van der Waals surface area contributed by atoms with Crippen LogP contribution in [0.2, 0.25) is 0 Å². The second kappa shape index (κ2) is 7.20. The monoisotopic (exact) mass is 371 g/mol. The maximum absolute atomic E-state index is 13.5. The van der Waals surface area contributed by atoms with Gasteiger partial charge in [0, 0.05) is 5.70 Å². The number of carboxylic acid groups (broad SMARTS) is 1. The second-order valence-electron chi connectivity index (χ2n) is 5.53. The number of rotatable bonds is 4. The lowest BCUT2D eigenvalue weighted by Crippen LogP contribution is -2.34. The molecule has 26 heavy (non-hydrogen) atoms. The topological polar surface area (TPSA) is 95.9 Å². The number of aliphatic carboxylic acids is 1. The third-order valence-corrected chi connectivity index (χ3v) is 4.02. The second-order valence-corrected chi connectivity index (χ2v) is 5.53. The smallest absolute Gasteiger partial charge is 0.416 e. The summed E-state index contributed by atoms with van der Waals surface area (Å²) in [4.78, 5) is 24.0. The molecule has 1 aliphatic heterocycles. The fourth-order valence-electron chi connectivity index (χ4n) is 2.97. The Bertz CT molecular complexity index is 811. The molecule has 0 aliphatic carbocycles. The third kappa shape index (κ3) is 3.43. The number of aliphatic hydroxyl groups excluding tert-OH is 1. The van der Waals surface area contributed by atoms with Crippen LogP contribution in [0.4, 0.5) is 13.2 Å². The number of hydrogen-bond donors (Lipinski definition) is 3. The number of alkyl halides is 3. The summed E-state index contributed by atoms with van der Waals surface area (Å²) in [6, 6.07) is 4.39. The molecule has 0 bridgehead atoms. The number of methoxy groups -OCH3 is 1. The molecular formula is C17H16F3NO5. The number of allylic oxidation sites excluding steroid dienone is 1. The van der Waals surface area contributed by atoms with Crippen LogP contribution in [-0.4, -0.2) is 35.9 Å². The zero-order valence-electron chi connectivity index (χ0n) is 13.8. The van der Waals surface area contributed by atoms with Gasteiger partial charge >= 0.3 is 18.1 Å². The highest BCUT2D eigenvalue weighted by Crippen LogP contribution is 2.43. The van der Waals surface area contributed by atoms with Gasteiger partial charge in [-0.3, -0.25) is 0 Å². The predicted octanol–water partition coefficient (Wildman–Crippen LogP) is 2.17. The van der Waals surface area contributed by atoms with Crippen LogP contribution in [0.15, 0.2) is 46.8 Å². The van der Waals surface area contributed by atoms with Gasteiger partial charge < -0.3 is 20.3 Å². The van der Waals surface area contributed by atoms with E-state index < -0.39 is 47.3 Å². The Morgan fingerprint density at radius 1 is 1.23 bits per heavy atom. The average Bonchev–Trinajstić information content (AvgIpc) is 2.58. The first-order chi connectivity index (χ1) is 12.1. The quantitative estimate of drug-likeness (QED) is 0.702. The lowest BCUT2D eigenvalue weighted by atomic mass is 9.78. The Hall–Kier alpha value is -2.81. The number of dihydropyridines is 1. The van der Waals surface area contributed by atoms with Crippen LogP contribution in [0, 0.1) is 0 Å². The molecule has 0 fully saturated rings. The van der Waals surface area contributed by atoms with Crippen LogP contribution in [0.25, 0.3) is 0 Å². The van der Waals surface area contributed by atoms with Crippen molar-refractivity contribution in [1.82, 2.24) is 5.32 Å². The van der Waals surface area contributed by atoms with Crippen molar-refractivity contribution in [3.05, 3.63) is 57.9 Å². The summed E-state index contributed by atoms with van der Waals surface area (Å²) in [5, 5.41) is 21.6. The van der Waals surface area contributed by atoms with Crippen molar-refractivity contribution in [2.45, 2.75) is 19.0 Å². The summed E-state index contributed by atoms with van der Waals surface area (Å²) in [6.45, 7) is 0.635. The molecule has 0 radical (unpaired) electrons. The van der Waals surface area contributed by atoms with E-state index in [1.165, 1.54) is 19.1 Å². The van der Waals surface area contributed by atoms with Crippen LogP contribution in [-0.2, 0) is 20.5 Å². The summed E-state index contributed by atoms with van der Waals surface area (Å²) in [5.74, 6) is -4.08. The first kappa shape index (κ1) is 19.5. The number of nitrogens with one attached hydrogen (secondary N) is 1. The molecule has 0 aromatic heterocycles. The Morgan fingerprint density at radius 2 is 1.85 bits per heavy atom. The molecule has 2 rings (SSSR count). The first-order valence-corrected chi connectivity index (χ1v) is 7.42. The van der Waals surface area contributed by atoms with E-state index in [2.05, 4.69) is 10.1 Å². The molecule has 1 aliphatic rings. The third-order valence-electron chi connectivity index (χ3n) is 4.02. The maximum atomic E-state index is 13.5. The highest BCUT2D eigenvalue weighted by molar-refractivity contribution is 5.99. The normalized spacial score (nSPS) is 17.8. The Labute approximate surface area is 146 Å². The van der Waals surface area contributed by atoms with Crippen molar-refractivity contribution in [2.75, 3.05) is 13.7 Å². The van der Waals surface area contributed by atoms with Crippen molar-refractivity contribution in [2.24, 2.45) is 0 Å². The molecule has 0 saturated heterocycles. The van der Waals surface area contributed by atoms with E-state index >= 15 is 0 Å². The molecule has 140 valence electrons. The number of aliphatic hydroxyl groups is 1. The number of halogens is 3. The zero-order valence-corrected chi connectivity index (χ0v) is 13.8. The summed E-state index contributed by atoms with van der Waals surface area (Å²) >= 11 is 0. The van der Waals surface area contributed by atoms with Gasteiger partial charge in [-0.15, -0.1) is 0 Å². The average molecular weight is 371 g/mol. The van der Waals surface area contributed by atoms with Crippen LogP contribution in [0.1, 0.15) is 24.0 Å². The standard InChI is InChI=1S/C17H16F3NO5/c1-8-12(15(23)24)13(14(16(25)26-2)11(7-22)21-8)9-5-3-4-6-10(9)17(18,19)20/h3-6,13,21-22H,7H2,1-2H3,(H,23,24). The molecule has 0 spiro atoms. The molecule has 1 aromatic carbocycles. The first-order valence-electron chi connectivity index (χ1n) is 7.42. The molecule has 1 heterocycles. The minimum atomic E-state index is -4.76. The largest absolute Gasteiger partial charge is 0.478 e. The number of carbonyl (C=O) groups is 2. The van der Waals surface area contributed by atoms with E-state index in [0.717, 1.165) is 19.2 Å². The number of esters is 1. The van der Waals surface area contributed by atoms with E-state index in [4.69, 9.17) is 0 Å². The molecule has 0 amide bonds. The summed E-state index contributed by atoms with van der Waals surface area (Å²) < 4.78 is 45.0. The van der Waals surface area contributed by atoms with Crippen molar-refractivity contribution in [3.63, 3.8) is 0 Å². The molecule has 0 saturated carbocycles. The summed E-state index contributed by atoms with van der Waals surface area (Å²) in [6.07, 6.45) is -4.76. The molecule has 1 atom stereocenters. The van der Waals surface area contributed by atoms with Gasteiger partial charge in [0.25, 0.3) is 0 Å². The van der Waals surface area contributed by atoms with Gasteiger partial charge in [-0.25, -0.2) is 9.59 Å². The highest BCUT2D eigenvalue weighted by Gasteiger charge is 2.43. The van der Waals surface area contributed by atoms with Crippen molar-refractivity contribution < 1.29 is 37.7 Å². The SMILES string of the molecule is COC(=O)C1=C(CO)NC(C)=C(C(=O)O)C1c1ccccc1C(F)(F)F. The number of carboxylic acids is 1. The van der Waals surface area contributed by atoms with E-state index in [1.807, 2.05) is 0 Å². The number of hydrogen-bond acceptors (Lipinski definition) is 5. The fraction of sp³-hybridized carbons (Fsp3) is 0.294. The van der Waals surface area contributed by atoms with E-state index in [1.54, 1.807) is 0 Å². The lowest BCUT2D eigenvalue weighted by molar-refractivity contribution is -0.140. The fourth-order valence-corrected chi connectivity index (χ4v) is 2.97. The predicted molar refractivity (Wildman–Crippen MR) is 83.8 cm³/mol. The van der Waals surface area contributed by atoms with Gasteiger partial charge in [0.05, 0.1) is 42.0 Å². The number of carbonyl (C=O) groups excluding carboxylic acids is 1. The van der Waals surface area contributed by atoms with Crippen molar-refractivity contribution in [3.8, 4) is 0 Å². The zero-order chi connectivity index (χ0) is 19.6. The van der Waals surface area contributed by atoms with Crippen LogP contribution >= 0.6 is 0 Å². The van der Waals surface area contributed by atoms with Crippen LogP contribution in [0.3, 0.4) is 0 Å². The van der Waals surface area contributed by atoms with Crippen LogP contribution in [0.5, 0.6) is 0 Å². The molecule has 1 aromatic rings. The molecule has 3 N–H and O–H groups in total. The Kier molecular flexibility index (Phi) is 5.41. The Balaban J connectivity index is 2.86. The lowest BCUT2D eigenvalue weighted by Gasteiger charge is -2.31. The minimum absolute atomic E-state index is 0.0242. The number of benzene rings is 1.